The van der Waals surface area contributed by atoms with Crippen LogP contribution in [-0.4, -0.2) is 54.6 Å². The van der Waals surface area contributed by atoms with Crippen molar-refractivity contribution in [1.29, 1.82) is 0 Å². The Morgan fingerprint density at radius 2 is 1.25 bits per heavy atom. The molecule has 0 spiro atoms. The lowest BCUT2D eigenvalue weighted by Crippen LogP contribution is -2.57. The third-order valence-electron chi connectivity index (χ3n) is 5.25. The predicted molar refractivity (Wildman–Crippen MR) is 113 cm³/mol. The number of aliphatic hydroxyl groups is 1. The van der Waals surface area contributed by atoms with E-state index in [0.29, 0.717) is 6.42 Å². The van der Waals surface area contributed by atoms with E-state index in [9.17, 15) is 19.8 Å². The molecule has 5 heteroatoms. The number of carbonyl (C=O) groups excluding carboxylic acids is 2. The maximum absolute atomic E-state index is 12.6. The monoisotopic (exact) mass is 400 g/mol. The first-order valence-corrected chi connectivity index (χ1v) is 11.3. The number of carboxylic acids is 1. The van der Waals surface area contributed by atoms with Gasteiger partial charge in [0.2, 0.25) is 0 Å². The van der Waals surface area contributed by atoms with Gasteiger partial charge in [-0.15, -0.1) is 0 Å². The van der Waals surface area contributed by atoms with Crippen molar-refractivity contribution in [3.05, 3.63) is 0 Å². The molecular weight excluding hydrogens is 354 g/mol. The Hall–Kier alpha value is -0.940. The van der Waals surface area contributed by atoms with Crippen LogP contribution in [0.15, 0.2) is 0 Å². The summed E-state index contributed by atoms with van der Waals surface area (Å²) in [4.78, 5) is 23.5. The molecule has 0 rings (SSSR count). The van der Waals surface area contributed by atoms with Crippen molar-refractivity contribution in [3.8, 4) is 0 Å². The molecule has 0 aliphatic carbocycles. The molecule has 5 nitrogen and oxygen atoms in total. The molecule has 0 amide bonds. The quantitative estimate of drug-likeness (QED) is 0.265. The molecule has 0 aromatic rings. The van der Waals surface area contributed by atoms with Crippen LogP contribution in [0, 0.1) is 0 Å². The summed E-state index contributed by atoms with van der Waals surface area (Å²) >= 11 is 0. The van der Waals surface area contributed by atoms with Gasteiger partial charge in [-0.1, -0.05) is 84.0 Å². The summed E-state index contributed by atoms with van der Waals surface area (Å²) in [6, 6.07) is -1.10. The first-order valence-electron chi connectivity index (χ1n) is 11.8. The Labute approximate surface area is 174 Å². The van der Waals surface area contributed by atoms with Gasteiger partial charge in [0, 0.05) is 18.8 Å². The molecule has 1 N–H and O–H groups in total. The summed E-state index contributed by atoms with van der Waals surface area (Å²) in [5.74, 6) is -1.77. The summed E-state index contributed by atoms with van der Waals surface area (Å²) in [6.07, 6.45) is 12.9. The smallest absolute Gasteiger partial charge is 0.192 e. The highest BCUT2D eigenvalue weighted by Gasteiger charge is 2.37. The van der Waals surface area contributed by atoms with Crippen molar-refractivity contribution in [2.75, 3.05) is 21.1 Å². The van der Waals surface area contributed by atoms with Gasteiger partial charge in [-0.2, -0.15) is 0 Å². The second-order valence-corrected chi connectivity index (χ2v) is 9.02. The molecule has 0 aromatic heterocycles. The SMILES string of the molecule is [2H]C(O)(CC(=O)[O-])C(C(=O)CCCCCCCCCCCCCCC)[N+](C)(C)C. The maximum Gasteiger partial charge on any atom is 0.192 e. The Morgan fingerprint density at radius 3 is 1.61 bits per heavy atom. The molecule has 0 heterocycles. The molecule has 0 bridgehead atoms. The van der Waals surface area contributed by atoms with E-state index in [1.807, 2.05) is 0 Å². The first kappa shape index (κ1) is 25.1. The lowest BCUT2D eigenvalue weighted by molar-refractivity contribution is -0.890. The number of nitrogens with zero attached hydrogens (tertiary/aromatic N) is 1. The third kappa shape index (κ3) is 14.1. The van der Waals surface area contributed by atoms with Crippen LogP contribution in [0.1, 0.15) is 105 Å². The predicted octanol–water partition coefficient (Wildman–Crippen LogP) is 3.61. The minimum atomic E-state index is -2.36. The van der Waals surface area contributed by atoms with Crippen LogP contribution in [-0.2, 0) is 9.59 Å². The maximum atomic E-state index is 12.6. The summed E-state index contributed by atoms with van der Waals surface area (Å²) in [7, 11) is 5.09. The van der Waals surface area contributed by atoms with Crippen molar-refractivity contribution >= 4 is 11.8 Å². The van der Waals surface area contributed by atoms with Crippen LogP contribution in [0.5, 0.6) is 0 Å². The number of quaternary nitrogens is 1. The molecule has 166 valence electrons. The Balaban J connectivity index is 3.99. The van der Waals surface area contributed by atoms with Gasteiger partial charge in [0.05, 0.1) is 22.5 Å². The van der Waals surface area contributed by atoms with Crippen molar-refractivity contribution in [1.82, 2.24) is 0 Å². The largest absolute Gasteiger partial charge is 0.550 e. The topological polar surface area (TPSA) is 77.4 Å². The average Bonchev–Trinajstić information content (AvgIpc) is 2.56. The fourth-order valence-corrected chi connectivity index (χ4v) is 3.76. The second kappa shape index (κ2) is 15.9. The van der Waals surface area contributed by atoms with E-state index in [1.54, 1.807) is 21.1 Å². The highest BCUT2D eigenvalue weighted by molar-refractivity contribution is 5.84. The fraction of sp³-hybridized carbons (Fsp3) is 0.913. The summed E-state index contributed by atoms with van der Waals surface area (Å²) in [5.41, 5.74) is 0. The van der Waals surface area contributed by atoms with E-state index >= 15 is 0 Å². The third-order valence-corrected chi connectivity index (χ3v) is 5.25. The number of rotatable bonds is 19. The molecule has 0 saturated heterocycles. The number of aliphatic carboxylic acids is 1. The number of likely N-dealkylation sites (N-methyl/N-ethyl adjacent to an activating group) is 1. The van der Waals surface area contributed by atoms with Gasteiger partial charge in [-0.05, 0) is 6.42 Å². The van der Waals surface area contributed by atoms with E-state index in [0.717, 1.165) is 12.8 Å². The first-order chi connectivity index (χ1) is 13.5. The lowest BCUT2D eigenvalue weighted by atomic mass is 9.96. The average molecular weight is 401 g/mol. The number of Topliss-reactive ketones (excluding diaryl/α,β-unsaturated/α-hetero) is 1. The minimum absolute atomic E-state index is 0.0184. The summed E-state index contributed by atoms with van der Waals surface area (Å²) < 4.78 is 7.99. The van der Waals surface area contributed by atoms with Gasteiger partial charge in [0.1, 0.15) is 6.08 Å². The van der Waals surface area contributed by atoms with Crippen molar-refractivity contribution in [3.63, 3.8) is 0 Å². The highest BCUT2D eigenvalue weighted by atomic mass is 16.4. The number of ketones is 1. The normalized spacial score (nSPS) is 15.7. The molecule has 0 aliphatic heterocycles. The number of unbranched alkanes of at least 4 members (excludes halogenated alkanes) is 12. The van der Waals surface area contributed by atoms with Crippen LogP contribution in [0.4, 0.5) is 0 Å². The minimum Gasteiger partial charge on any atom is -0.550 e. The standard InChI is InChI=1S/C23H45NO4/c1-5-6-7-8-9-10-11-12-13-14-15-16-17-18-20(25)23(24(2,3)4)21(26)19-22(27)28/h21,23,26H,5-19H2,1-4H3/i21D. The van der Waals surface area contributed by atoms with E-state index in [-0.39, 0.29) is 16.7 Å². The Morgan fingerprint density at radius 1 is 0.857 bits per heavy atom. The second-order valence-electron chi connectivity index (χ2n) is 9.02. The molecule has 0 saturated carbocycles. The van der Waals surface area contributed by atoms with Crippen LogP contribution in [0.2, 0.25) is 0 Å². The van der Waals surface area contributed by atoms with Gasteiger partial charge in [-0.25, -0.2) is 0 Å². The molecule has 0 radical (unpaired) electrons. The Kier molecular flexibility index (Phi) is 14.3. The molecule has 2 unspecified atom stereocenters. The zero-order valence-corrected chi connectivity index (χ0v) is 18.8. The van der Waals surface area contributed by atoms with Crippen LogP contribution < -0.4 is 5.11 Å². The zero-order chi connectivity index (χ0) is 22.3. The molecule has 0 fully saturated rings. The number of hydrogen-bond acceptors (Lipinski definition) is 4. The molecule has 2 atom stereocenters. The Bertz CT molecular complexity index is 460. The fourth-order valence-electron chi connectivity index (χ4n) is 3.76. The van der Waals surface area contributed by atoms with E-state index < -0.39 is 24.5 Å². The van der Waals surface area contributed by atoms with Gasteiger partial charge in [0.15, 0.2) is 11.8 Å². The van der Waals surface area contributed by atoms with Crippen LogP contribution in [0.3, 0.4) is 0 Å². The lowest BCUT2D eigenvalue weighted by Gasteiger charge is -2.36. The van der Waals surface area contributed by atoms with Gasteiger partial charge in [0.25, 0.3) is 0 Å². The zero-order valence-electron chi connectivity index (χ0n) is 19.8. The molecule has 0 aliphatic rings. The van der Waals surface area contributed by atoms with Crippen LogP contribution >= 0.6 is 0 Å². The van der Waals surface area contributed by atoms with Gasteiger partial charge < -0.3 is 19.5 Å². The summed E-state index contributed by atoms with van der Waals surface area (Å²) in [5, 5.41) is 21.1. The summed E-state index contributed by atoms with van der Waals surface area (Å²) in [6.45, 7) is 2.24. The van der Waals surface area contributed by atoms with E-state index in [1.165, 1.54) is 64.2 Å². The van der Waals surface area contributed by atoms with E-state index in [4.69, 9.17) is 1.37 Å². The number of carbonyl (C=O) groups is 2. The van der Waals surface area contributed by atoms with E-state index in [2.05, 4.69) is 6.92 Å². The molecule has 0 aromatic carbocycles. The van der Waals surface area contributed by atoms with Crippen molar-refractivity contribution < 1.29 is 25.7 Å². The van der Waals surface area contributed by atoms with Gasteiger partial charge in [-0.3, -0.25) is 4.79 Å². The number of carboxylic acid groups (broad SMARTS) is 1. The van der Waals surface area contributed by atoms with Crippen molar-refractivity contribution in [2.24, 2.45) is 0 Å². The van der Waals surface area contributed by atoms with Crippen LogP contribution in [0.25, 0.3) is 0 Å². The van der Waals surface area contributed by atoms with Gasteiger partial charge >= 0.3 is 0 Å². The molecule has 28 heavy (non-hydrogen) atoms. The molecular formula is C23H45NO4. The van der Waals surface area contributed by atoms with Crippen molar-refractivity contribution in [2.45, 2.75) is 115 Å². The number of hydrogen-bond donors (Lipinski definition) is 1. The highest BCUT2D eigenvalue weighted by Crippen LogP contribution is 2.17.